The van der Waals surface area contributed by atoms with Crippen LogP contribution < -0.4 is 9.64 Å². The van der Waals surface area contributed by atoms with Gasteiger partial charge in [-0.25, -0.2) is 4.98 Å². The molecular weight excluding hydrogens is 230 g/mol. The highest BCUT2D eigenvalue weighted by atomic mass is 16.5. The fraction of sp³-hybridized carbons (Fsp3) is 0.538. The number of pyridine rings is 1. The standard InChI is InChI=1S/C13H19N3O2/c1-15(2)11-8-7-10(18-9-5-6-9)12(14-11)13(17)16(3)4/h7-9H,5-6H2,1-4H3. The number of rotatable bonds is 4. The minimum absolute atomic E-state index is 0.130. The van der Waals surface area contributed by atoms with Crippen LogP contribution in [0.25, 0.3) is 0 Å². The Bertz CT molecular complexity index is 454. The van der Waals surface area contributed by atoms with E-state index >= 15 is 0 Å². The average Bonchev–Trinajstić information content (AvgIpc) is 3.12. The lowest BCUT2D eigenvalue weighted by Crippen LogP contribution is -2.25. The lowest BCUT2D eigenvalue weighted by atomic mass is 10.3. The third-order valence-corrected chi connectivity index (χ3v) is 2.73. The van der Waals surface area contributed by atoms with Crippen molar-refractivity contribution in [2.75, 3.05) is 33.1 Å². The van der Waals surface area contributed by atoms with Crippen molar-refractivity contribution in [3.05, 3.63) is 17.8 Å². The predicted octanol–water partition coefficient (Wildman–Crippen LogP) is 1.39. The van der Waals surface area contributed by atoms with Crippen molar-refractivity contribution in [2.45, 2.75) is 18.9 Å². The smallest absolute Gasteiger partial charge is 0.275 e. The van der Waals surface area contributed by atoms with Gasteiger partial charge >= 0.3 is 0 Å². The van der Waals surface area contributed by atoms with Crippen LogP contribution in [0.1, 0.15) is 23.3 Å². The first-order valence-corrected chi connectivity index (χ1v) is 6.05. The lowest BCUT2D eigenvalue weighted by molar-refractivity contribution is 0.0817. The molecule has 0 radical (unpaired) electrons. The normalized spacial score (nSPS) is 14.2. The van der Waals surface area contributed by atoms with E-state index < -0.39 is 0 Å². The van der Waals surface area contributed by atoms with E-state index in [0.717, 1.165) is 18.7 Å². The number of nitrogens with zero attached hydrogens (tertiary/aromatic N) is 3. The Morgan fingerprint density at radius 2 is 1.94 bits per heavy atom. The molecule has 0 saturated heterocycles. The van der Waals surface area contributed by atoms with Crippen LogP contribution in [0.15, 0.2) is 12.1 Å². The van der Waals surface area contributed by atoms with E-state index in [1.165, 1.54) is 4.90 Å². The van der Waals surface area contributed by atoms with E-state index in [2.05, 4.69) is 4.98 Å². The molecule has 0 unspecified atom stereocenters. The molecule has 98 valence electrons. The van der Waals surface area contributed by atoms with Gasteiger partial charge in [-0.2, -0.15) is 0 Å². The number of hydrogen-bond donors (Lipinski definition) is 0. The van der Waals surface area contributed by atoms with Crippen LogP contribution in [0.2, 0.25) is 0 Å². The molecule has 0 atom stereocenters. The number of amides is 1. The van der Waals surface area contributed by atoms with E-state index in [1.807, 2.05) is 31.1 Å². The van der Waals surface area contributed by atoms with Gasteiger partial charge in [-0.3, -0.25) is 4.79 Å². The summed E-state index contributed by atoms with van der Waals surface area (Å²) in [5.74, 6) is 1.21. The number of hydrogen-bond acceptors (Lipinski definition) is 4. The molecule has 0 aliphatic heterocycles. The van der Waals surface area contributed by atoms with Crippen LogP contribution in [0.4, 0.5) is 5.82 Å². The molecule has 5 heteroatoms. The molecule has 2 rings (SSSR count). The Labute approximate surface area is 107 Å². The summed E-state index contributed by atoms with van der Waals surface area (Å²) in [5.41, 5.74) is 0.387. The number of ether oxygens (including phenoxy) is 1. The van der Waals surface area contributed by atoms with Gasteiger partial charge in [0.2, 0.25) is 0 Å². The molecule has 0 bridgehead atoms. The third kappa shape index (κ3) is 2.72. The lowest BCUT2D eigenvalue weighted by Gasteiger charge is -2.17. The number of aromatic nitrogens is 1. The van der Waals surface area contributed by atoms with Gasteiger partial charge in [0, 0.05) is 28.2 Å². The molecule has 5 nitrogen and oxygen atoms in total. The number of anilines is 1. The number of carbonyl (C=O) groups is 1. The van der Waals surface area contributed by atoms with Crippen LogP contribution in [0, 0.1) is 0 Å². The molecule has 0 N–H and O–H groups in total. The third-order valence-electron chi connectivity index (χ3n) is 2.73. The molecular formula is C13H19N3O2. The van der Waals surface area contributed by atoms with Crippen molar-refractivity contribution in [3.63, 3.8) is 0 Å². The fourth-order valence-electron chi connectivity index (χ4n) is 1.51. The molecule has 1 saturated carbocycles. The molecule has 18 heavy (non-hydrogen) atoms. The van der Waals surface area contributed by atoms with Crippen molar-refractivity contribution in [3.8, 4) is 5.75 Å². The first kappa shape index (κ1) is 12.7. The van der Waals surface area contributed by atoms with Crippen LogP contribution in [0.5, 0.6) is 5.75 Å². The second-order valence-corrected chi connectivity index (χ2v) is 4.93. The minimum Gasteiger partial charge on any atom is -0.488 e. The summed E-state index contributed by atoms with van der Waals surface area (Å²) < 4.78 is 5.73. The summed E-state index contributed by atoms with van der Waals surface area (Å²) in [6, 6.07) is 3.70. The Kier molecular flexibility index (Phi) is 3.41. The average molecular weight is 249 g/mol. The molecule has 1 fully saturated rings. The highest BCUT2D eigenvalue weighted by molar-refractivity contribution is 5.95. The number of carbonyl (C=O) groups excluding carboxylic acids is 1. The maximum Gasteiger partial charge on any atom is 0.275 e. The monoisotopic (exact) mass is 249 g/mol. The largest absolute Gasteiger partial charge is 0.488 e. The molecule has 1 aromatic heterocycles. The molecule has 1 aliphatic rings. The summed E-state index contributed by atoms with van der Waals surface area (Å²) in [4.78, 5) is 19.9. The van der Waals surface area contributed by atoms with Crippen molar-refractivity contribution < 1.29 is 9.53 Å². The van der Waals surface area contributed by atoms with Crippen molar-refractivity contribution in [2.24, 2.45) is 0 Å². The molecule has 1 aliphatic carbocycles. The first-order chi connectivity index (χ1) is 8.49. The van der Waals surface area contributed by atoms with E-state index in [-0.39, 0.29) is 12.0 Å². The quantitative estimate of drug-likeness (QED) is 0.809. The van der Waals surface area contributed by atoms with Gasteiger partial charge in [0.1, 0.15) is 5.82 Å². The predicted molar refractivity (Wildman–Crippen MR) is 70.2 cm³/mol. The SMILES string of the molecule is CN(C)C(=O)c1nc(N(C)C)ccc1OC1CC1. The van der Waals surface area contributed by atoms with E-state index in [9.17, 15) is 4.79 Å². The summed E-state index contributed by atoms with van der Waals surface area (Å²) in [7, 11) is 7.22. The molecule has 1 amide bonds. The maximum absolute atomic E-state index is 12.1. The van der Waals surface area contributed by atoms with Gasteiger partial charge < -0.3 is 14.5 Å². The Morgan fingerprint density at radius 3 is 2.44 bits per heavy atom. The second-order valence-electron chi connectivity index (χ2n) is 4.93. The van der Waals surface area contributed by atoms with Crippen molar-refractivity contribution >= 4 is 11.7 Å². The minimum atomic E-state index is -0.130. The molecule has 0 spiro atoms. The summed E-state index contributed by atoms with van der Waals surface area (Å²) in [6.45, 7) is 0. The van der Waals surface area contributed by atoms with Gasteiger partial charge in [0.15, 0.2) is 11.4 Å². The van der Waals surface area contributed by atoms with E-state index in [0.29, 0.717) is 11.4 Å². The Balaban J connectivity index is 2.35. The summed E-state index contributed by atoms with van der Waals surface area (Å²) in [5, 5.41) is 0. The van der Waals surface area contributed by atoms with Crippen LogP contribution in [-0.2, 0) is 0 Å². The zero-order valence-corrected chi connectivity index (χ0v) is 11.3. The maximum atomic E-state index is 12.1. The van der Waals surface area contributed by atoms with Gasteiger partial charge in [-0.05, 0) is 25.0 Å². The Hall–Kier alpha value is -1.78. The van der Waals surface area contributed by atoms with Crippen molar-refractivity contribution in [1.82, 2.24) is 9.88 Å². The van der Waals surface area contributed by atoms with Crippen LogP contribution in [-0.4, -0.2) is 50.1 Å². The molecule has 0 aromatic carbocycles. The van der Waals surface area contributed by atoms with Gasteiger partial charge in [-0.15, -0.1) is 0 Å². The second kappa shape index (κ2) is 4.84. The highest BCUT2D eigenvalue weighted by Gasteiger charge is 2.27. The highest BCUT2D eigenvalue weighted by Crippen LogP contribution is 2.30. The molecule has 1 heterocycles. The zero-order valence-electron chi connectivity index (χ0n) is 11.3. The fourth-order valence-corrected chi connectivity index (χ4v) is 1.51. The molecule has 1 aromatic rings. The van der Waals surface area contributed by atoms with Crippen molar-refractivity contribution in [1.29, 1.82) is 0 Å². The summed E-state index contributed by atoms with van der Waals surface area (Å²) in [6.07, 6.45) is 2.38. The zero-order chi connectivity index (χ0) is 13.3. The first-order valence-electron chi connectivity index (χ1n) is 6.05. The van der Waals surface area contributed by atoms with Gasteiger partial charge in [0.25, 0.3) is 5.91 Å². The van der Waals surface area contributed by atoms with Gasteiger partial charge in [0.05, 0.1) is 6.10 Å². The topological polar surface area (TPSA) is 45.7 Å². The Morgan fingerprint density at radius 1 is 1.28 bits per heavy atom. The van der Waals surface area contributed by atoms with Crippen LogP contribution in [0.3, 0.4) is 0 Å². The van der Waals surface area contributed by atoms with E-state index in [4.69, 9.17) is 4.74 Å². The van der Waals surface area contributed by atoms with E-state index in [1.54, 1.807) is 14.1 Å². The van der Waals surface area contributed by atoms with Crippen LogP contribution >= 0.6 is 0 Å². The summed E-state index contributed by atoms with van der Waals surface area (Å²) >= 11 is 0. The van der Waals surface area contributed by atoms with Gasteiger partial charge in [-0.1, -0.05) is 0 Å².